The molecule has 2 aromatic carbocycles. The molecule has 2 heterocycles. The molecule has 3 heteroatoms. The molecule has 0 radical (unpaired) electrons. The van der Waals surface area contributed by atoms with Crippen molar-refractivity contribution in [1.82, 2.24) is 5.32 Å². The minimum Gasteiger partial charge on any atom is -0.365 e. The normalized spacial score (nSPS) is 26.2. The van der Waals surface area contributed by atoms with Crippen LogP contribution in [0.1, 0.15) is 44.4 Å². The maximum atomic E-state index is 6.40. The van der Waals surface area contributed by atoms with Gasteiger partial charge in [0, 0.05) is 34.3 Å². The summed E-state index contributed by atoms with van der Waals surface area (Å²) in [5.74, 6) is 0. The first kappa shape index (κ1) is 16.0. The predicted octanol–water partition coefficient (Wildman–Crippen LogP) is 4.93. The zero-order valence-corrected chi connectivity index (χ0v) is 15.4. The molecule has 4 rings (SSSR count). The van der Waals surface area contributed by atoms with E-state index in [1.165, 1.54) is 16.8 Å². The number of rotatable bonds is 1. The summed E-state index contributed by atoms with van der Waals surface area (Å²) >= 11 is 6.40. The fraction of sp³-hybridized carbons (Fsp3) is 0.429. The Bertz CT molecular complexity index is 750. The van der Waals surface area contributed by atoms with Crippen molar-refractivity contribution >= 4 is 17.3 Å². The number of anilines is 1. The van der Waals surface area contributed by atoms with Crippen molar-refractivity contribution in [2.75, 3.05) is 18.0 Å². The minimum absolute atomic E-state index is 0.0921. The zero-order valence-electron chi connectivity index (χ0n) is 14.6. The average Bonchev–Trinajstić information content (AvgIpc) is 3.11. The van der Waals surface area contributed by atoms with Crippen molar-refractivity contribution in [1.29, 1.82) is 0 Å². The fourth-order valence-electron chi connectivity index (χ4n) is 4.52. The average molecular weight is 341 g/mol. The van der Waals surface area contributed by atoms with Crippen LogP contribution < -0.4 is 10.2 Å². The van der Waals surface area contributed by atoms with Gasteiger partial charge >= 0.3 is 0 Å². The SMILES string of the molecule is CC(C)(C)N1C[C@]2(CCN[C@@H]2c2ccccc2)c2cc(Cl)ccc21. The summed E-state index contributed by atoms with van der Waals surface area (Å²) in [5, 5.41) is 4.60. The number of fused-ring (bicyclic) bond motifs is 2. The van der Waals surface area contributed by atoms with Crippen LogP contribution in [0.15, 0.2) is 48.5 Å². The lowest BCUT2D eigenvalue weighted by molar-refractivity contribution is 0.372. The Morgan fingerprint density at radius 3 is 2.58 bits per heavy atom. The summed E-state index contributed by atoms with van der Waals surface area (Å²) in [4.78, 5) is 2.56. The molecule has 0 aromatic heterocycles. The molecule has 24 heavy (non-hydrogen) atoms. The van der Waals surface area contributed by atoms with Gasteiger partial charge in [0.2, 0.25) is 0 Å². The van der Waals surface area contributed by atoms with E-state index >= 15 is 0 Å². The second kappa shape index (κ2) is 5.50. The number of hydrogen-bond acceptors (Lipinski definition) is 2. The topological polar surface area (TPSA) is 15.3 Å². The van der Waals surface area contributed by atoms with Crippen LogP contribution in [-0.4, -0.2) is 18.6 Å². The van der Waals surface area contributed by atoms with Crippen molar-refractivity contribution in [2.24, 2.45) is 0 Å². The van der Waals surface area contributed by atoms with Crippen LogP contribution in [0.4, 0.5) is 5.69 Å². The van der Waals surface area contributed by atoms with Gasteiger partial charge in [0.15, 0.2) is 0 Å². The molecule has 0 bridgehead atoms. The third-order valence-electron chi connectivity index (χ3n) is 5.64. The Morgan fingerprint density at radius 1 is 1.12 bits per heavy atom. The Hall–Kier alpha value is -1.51. The number of nitrogens with one attached hydrogen (secondary N) is 1. The van der Waals surface area contributed by atoms with Crippen molar-refractivity contribution in [2.45, 2.75) is 44.2 Å². The largest absolute Gasteiger partial charge is 0.365 e. The van der Waals surface area contributed by atoms with Crippen molar-refractivity contribution < 1.29 is 0 Å². The molecule has 2 aliphatic heterocycles. The summed E-state index contributed by atoms with van der Waals surface area (Å²) in [7, 11) is 0. The van der Waals surface area contributed by atoms with Crippen LogP contribution in [0.5, 0.6) is 0 Å². The third kappa shape index (κ3) is 2.35. The third-order valence-corrected chi connectivity index (χ3v) is 5.88. The highest BCUT2D eigenvalue weighted by atomic mass is 35.5. The van der Waals surface area contributed by atoms with Gasteiger partial charge in [0.1, 0.15) is 0 Å². The van der Waals surface area contributed by atoms with Crippen molar-refractivity contribution in [3.63, 3.8) is 0 Å². The van der Waals surface area contributed by atoms with E-state index < -0.39 is 0 Å². The maximum absolute atomic E-state index is 6.40. The van der Waals surface area contributed by atoms with Gasteiger partial charge in [0.05, 0.1) is 0 Å². The van der Waals surface area contributed by atoms with Gasteiger partial charge < -0.3 is 10.2 Å². The molecule has 0 amide bonds. The van der Waals surface area contributed by atoms with Gasteiger partial charge in [-0.3, -0.25) is 0 Å². The molecule has 1 N–H and O–H groups in total. The summed E-state index contributed by atoms with van der Waals surface area (Å²) in [5.41, 5.74) is 4.31. The Labute approximate surface area is 149 Å². The highest BCUT2D eigenvalue weighted by molar-refractivity contribution is 6.30. The van der Waals surface area contributed by atoms with Crippen LogP contribution >= 0.6 is 11.6 Å². The molecule has 0 unspecified atom stereocenters. The van der Waals surface area contributed by atoms with Crippen LogP contribution in [0.2, 0.25) is 5.02 Å². The van der Waals surface area contributed by atoms with E-state index in [-0.39, 0.29) is 11.0 Å². The Balaban J connectivity index is 1.88. The van der Waals surface area contributed by atoms with E-state index in [1.54, 1.807) is 0 Å². The number of benzene rings is 2. The van der Waals surface area contributed by atoms with Crippen LogP contribution in [0.25, 0.3) is 0 Å². The summed E-state index contributed by atoms with van der Waals surface area (Å²) in [6.07, 6.45) is 1.15. The number of halogens is 1. The smallest absolute Gasteiger partial charge is 0.0436 e. The molecule has 2 aromatic rings. The minimum atomic E-state index is 0.0921. The molecule has 1 saturated heterocycles. The molecule has 0 saturated carbocycles. The summed E-state index contributed by atoms with van der Waals surface area (Å²) < 4.78 is 0. The van der Waals surface area contributed by atoms with Gasteiger partial charge in [-0.05, 0) is 63.1 Å². The van der Waals surface area contributed by atoms with E-state index in [4.69, 9.17) is 11.6 Å². The highest BCUT2D eigenvalue weighted by Gasteiger charge is 2.53. The zero-order chi connectivity index (χ0) is 16.9. The van der Waals surface area contributed by atoms with Gasteiger partial charge in [-0.1, -0.05) is 41.9 Å². The quantitative estimate of drug-likeness (QED) is 0.791. The van der Waals surface area contributed by atoms with Gasteiger partial charge in [0.25, 0.3) is 0 Å². The second-order valence-corrected chi connectivity index (χ2v) is 8.56. The Morgan fingerprint density at radius 2 is 1.88 bits per heavy atom. The molecular weight excluding hydrogens is 316 g/mol. The predicted molar refractivity (Wildman–Crippen MR) is 102 cm³/mol. The number of hydrogen-bond donors (Lipinski definition) is 1. The standard InChI is InChI=1S/C21H25ClN2/c1-20(2,3)24-14-21(17-13-16(22)9-10-18(17)24)11-12-23-19(21)15-7-5-4-6-8-15/h4-10,13,19,23H,11-12,14H2,1-3H3/t19-,21-/m1/s1. The van der Waals surface area contributed by atoms with Crippen molar-refractivity contribution in [3.05, 3.63) is 64.7 Å². The molecule has 126 valence electrons. The molecule has 0 aliphatic carbocycles. The van der Waals surface area contributed by atoms with Gasteiger partial charge in [-0.25, -0.2) is 0 Å². The molecule has 1 fully saturated rings. The lowest BCUT2D eigenvalue weighted by Gasteiger charge is -2.38. The van der Waals surface area contributed by atoms with E-state index in [1.807, 2.05) is 6.07 Å². The maximum Gasteiger partial charge on any atom is 0.0436 e. The van der Waals surface area contributed by atoms with E-state index in [2.05, 4.69) is 73.5 Å². The molecule has 2 nitrogen and oxygen atoms in total. The first-order chi connectivity index (χ1) is 11.4. The summed E-state index contributed by atoms with van der Waals surface area (Å²) in [6.45, 7) is 8.97. The second-order valence-electron chi connectivity index (χ2n) is 8.12. The van der Waals surface area contributed by atoms with Crippen LogP contribution in [0, 0.1) is 0 Å². The van der Waals surface area contributed by atoms with E-state index in [0.29, 0.717) is 6.04 Å². The first-order valence-electron chi connectivity index (χ1n) is 8.78. The molecular formula is C21H25ClN2. The fourth-order valence-corrected chi connectivity index (χ4v) is 4.69. The van der Waals surface area contributed by atoms with Gasteiger partial charge in [-0.15, -0.1) is 0 Å². The van der Waals surface area contributed by atoms with Crippen LogP contribution in [0.3, 0.4) is 0 Å². The van der Waals surface area contributed by atoms with Gasteiger partial charge in [-0.2, -0.15) is 0 Å². The lowest BCUT2D eigenvalue weighted by Crippen LogP contribution is -2.45. The monoisotopic (exact) mass is 340 g/mol. The number of nitrogens with zero attached hydrogens (tertiary/aromatic N) is 1. The lowest BCUT2D eigenvalue weighted by atomic mass is 9.73. The highest BCUT2D eigenvalue weighted by Crippen LogP contribution is 2.54. The molecule has 2 atom stereocenters. The van der Waals surface area contributed by atoms with Crippen LogP contribution in [-0.2, 0) is 5.41 Å². The van der Waals surface area contributed by atoms with Crippen molar-refractivity contribution in [3.8, 4) is 0 Å². The Kier molecular flexibility index (Phi) is 3.67. The first-order valence-corrected chi connectivity index (χ1v) is 9.16. The van der Waals surface area contributed by atoms with E-state index in [0.717, 1.165) is 24.5 Å². The van der Waals surface area contributed by atoms with E-state index in [9.17, 15) is 0 Å². The summed E-state index contributed by atoms with van der Waals surface area (Å²) in [6, 6.07) is 17.6. The molecule has 2 aliphatic rings. The molecule has 1 spiro atoms.